The molecular formula is C15H20O3. The van der Waals surface area contributed by atoms with Gasteiger partial charge in [-0.1, -0.05) is 18.6 Å². The lowest BCUT2D eigenvalue weighted by Crippen LogP contribution is -2.27. The van der Waals surface area contributed by atoms with Gasteiger partial charge in [0.05, 0.1) is 7.11 Å². The minimum absolute atomic E-state index is 0.0321. The van der Waals surface area contributed by atoms with Crippen molar-refractivity contribution in [3.05, 3.63) is 29.8 Å². The van der Waals surface area contributed by atoms with Crippen LogP contribution >= 0.6 is 0 Å². The topological polar surface area (TPSA) is 35.5 Å². The summed E-state index contributed by atoms with van der Waals surface area (Å²) in [7, 11) is 1.66. The second-order valence-electron chi connectivity index (χ2n) is 4.81. The lowest BCUT2D eigenvalue weighted by molar-refractivity contribution is -0.148. The smallest absolute Gasteiger partial charge is 0.302 e. The number of hydrogen-bond acceptors (Lipinski definition) is 3. The molecule has 0 unspecified atom stereocenters. The van der Waals surface area contributed by atoms with Crippen LogP contribution in [-0.4, -0.2) is 19.2 Å². The molecule has 1 aromatic rings. The number of benzene rings is 1. The third kappa shape index (κ3) is 3.03. The van der Waals surface area contributed by atoms with Crippen LogP contribution in [0.1, 0.15) is 44.1 Å². The zero-order chi connectivity index (χ0) is 13.0. The highest BCUT2D eigenvalue weighted by Gasteiger charge is 2.28. The molecule has 18 heavy (non-hydrogen) atoms. The summed E-state index contributed by atoms with van der Waals surface area (Å²) in [6.07, 6.45) is 4.43. The summed E-state index contributed by atoms with van der Waals surface area (Å²) in [4.78, 5) is 11.1. The Labute approximate surface area is 108 Å². The first-order valence-electron chi connectivity index (χ1n) is 6.52. The number of ether oxygens (including phenoxy) is 2. The van der Waals surface area contributed by atoms with Gasteiger partial charge in [0.15, 0.2) is 0 Å². The van der Waals surface area contributed by atoms with Crippen molar-refractivity contribution in [2.75, 3.05) is 7.11 Å². The van der Waals surface area contributed by atoms with Crippen LogP contribution in [-0.2, 0) is 9.53 Å². The minimum atomic E-state index is -0.180. The summed E-state index contributed by atoms with van der Waals surface area (Å²) in [5.41, 5.74) is 1.24. The standard InChI is InChI=1S/C15H20O3/c1-11(16)18-15-6-4-3-5-14(15)12-7-9-13(17-2)10-8-12/h7-10,14-15H,3-6H2,1-2H3/t14-,15+/m0/s1. The predicted molar refractivity (Wildman–Crippen MR) is 69.8 cm³/mol. The summed E-state index contributed by atoms with van der Waals surface area (Å²) >= 11 is 0. The van der Waals surface area contributed by atoms with Gasteiger partial charge in [-0.15, -0.1) is 0 Å². The van der Waals surface area contributed by atoms with Gasteiger partial charge in [0.25, 0.3) is 0 Å². The summed E-state index contributed by atoms with van der Waals surface area (Å²) in [6.45, 7) is 1.49. The van der Waals surface area contributed by atoms with E-state index in [2.05, 4.69) is 12.1 Å². The third-order valence-electron chi connectivity index (χ3n) is 3.56. The molecule has 1 aliphatic carbocycles. The normalized spacial score (nSPS) is 23.4. The molecule has 1 fully saturated rings. The fourth-order valence-corrected chi connectivity index (χ4v) is 2.68. The number of carbonyl (C=O) groups is 1. The fourth-order valence-electron chi connectivity index (χ4n) is 2.68. The van der Waals surface area contributed by atoms with Gasteiger partial charge < -0.3 is 9.47 Å². The number of hydrogen-bond donors (Lipinski definition) is 0. The lowest BCUT2D eigenvalue weighted by atomic mass is 9.81. The van der Waals surface area contributed by atoms with Crippen molar-refractivity contribution in [1.29, 1.82) is 0 Å². The molecular weight excluding hydrogens is 228 g/mol. The molecule has 1 saturated carbocycles. The first-order valence-corrected chi connectivity index (χ1v) is 6.52. The molecule has 3 heteroatoms. The fraction of sp³-hybridized carbons (Fsp3) is 0.533. The molecule has 2 atom stereocenters. The van der Waals surface area contributed by atoms with E-state index in [4.69, 9.17) is 9.47 Å². The van der Waals surface area contributed by atoms with E-state index in [1.807, 2.05) is 12.1 Å². The summed E-state index contributed by atoms with van der Waals surface area (Å²) in [6, 6.07) is 8.08. The molecule has 0 bridgehead atoms. The number of carbonyl (C=O) groups excluding carboxylic acids is 1. The third-order valence-corrected chi connectivity index (χ3v) is 3.56. The maximum atomic E-state index is 11.1. The highest BCUT2D eigenvalue weighted by atomic mass is 16.5. The highest BCUT2D eigenvalue weighted by Crippen LogP contribution is 2.35. The second-order valence-corrected chi connectivity index (χ2v) is 4.81. The predicted octanol–water partition coefficient (Wildman–Crippen LogP) is 3.28. The minimum Gasteiger partial charge on any atom is -0.497 e. The van der Waals surface area contributed by atoms with E-state index in [0.29, 0.717) is 5.92 Å². The van der Waals surface area contributed by atoms with Crippen LogP contribution in [0.15, 0.2) is 24.3 Å². The molecule has 0 saturated heterocycles. The van der Waals surface area contributed by atoms with E-state index in [1.165, 1.54) is 18.9 Å². The SMILES string of the molecule is COc1ccc([C@@H]2CCCC[C@H]2OC(C)=O)cc1. The highest BCUT2D eigenvalue weighted by molar-refractivity contribution is 5.66. The first-order chi connectivity index (χ1) is 8.70. The molecule has 0 amide bonds. The van der Waals surface area contributed by atoms with Crippen molar-refractivity contribution in [3.8, 4) is 5.75 Å². The molecule has 0 N–H and O–H groups in total. The molecule has 0 spiro atoms. The van der Waals surface area contributed by atoms with Gasteiger partial charge in [0.2, 0.25) is 0 Å². The van der Waals surface area contributed by atoms with Crippen molar-refractivity contribution in [3.63, 3.8) is 0 Å². The van der Waals surface area contributed by atoms with Gasteiger partial charge in [0.1, 0.15) is 11.9 Å². The number of esters is 1. The molecule has 0 aromatic heterocycles. The molecule has 1 aliphatic rings. The number of rotatable bonds is 3. The first kappa shape index (κ1) is 12.9. The zero-order valence-corrected chi connectivity index (χ0v) is 11.0. The summed E-state index contributed by atoms with van der Waals surface area (Å²) in [5.74, 6) is 1.01. The van der Waals surface area contributed by atoms with Gasteiger partial charge in [-0.3, -0.25) is 4.79 Å². The quantitative estimate of drug-likeness (QED) is 0.770. The van der Waals surface area contributed by atoms with Crippen LogP contribution in [0, 0.1) is 0 Å². The van der Waals surface area contributed by atoms with Crippen LogP contribution in [0.2, 0.25) is 0 Å². The molecule has 0 radical (unpaired) electrons. The maximum absolute atomic E-state index is 11.1. The monoisotopic (exact) mass is 248 g/mol. The summed E-state index contributed by atoms with van der Waals surface area (Å²) in [5, 5.41) is 0. The van der Waals surface area contributed by atoms with Crippen LogP contribution in [0.3, 0.4) is 0 Å². The van der Waals surface area contributed by atoms with Crippen molar-refractivity contribution in [2.24, 2.45) is 0 Å². The van der Waals surface area contributed by atoms with E-state index in [0.717, 1.165) is 25.0 Å². The Balaban J connectivity index is 2.13. The van der Waals surface area contributed by atoms with Gasteiger partial charge in [0, 0.05) is 12.8 Å². The van der Waals surface area contributed by atoms with Crippen molar-refractivity contribution in [1.82, 2.24) is 0 Å². The van der Waals surface area contributed by atoms with Gasteiger partial charge in [-0.2, -0.15) is 0 Å². The lowest BCUT2D eigenvalue weighted by Gasteiger charge is -2.31. The van der Waals surface area contributed by atoms with E-state index in [1.54, 1.807) is 7.11 Å². The molecule has 2 rings (SSSR count). The average molecular weight is 248 g/mol. The van der Waals surface area contributed by atoms with Gasteiger partial charge in [-0.25, -0.2) is 0 Å². The Kier molecular flexibility index (Phi) is 4.24. The molecule has 0 aliphatic heterocycles. The largest absolute Gasteiger partial charge is 0.497 e. The van der Waals surface area contributed by atoms with Crippen LogP contribution < -0.4 is 4.74 Å². The van der Waals surface area contributed by atoms with E-state index in [9.17, 15) is 4.79 Å². The van der Waals surface area contributed by atoms with Crippen molar-refractivity contribution in [2.45, 2.75) is 44.6 Å². The Hall–Kier alpha value is -1.51. The molecule has 98 valence electrons. The van der Waals surface area contributed by atoms with Crippen molar-refractivity contribution < 1.29 is 14.3 Å². The molecule has 0 heterocycles. The van der Waals surface area contributed by atoms with E-state index >= 15 is 0 Å². The Morgan fingerprint density at radius 1 is 1.17 bits per heavy atom. The van der Waals surface area contributed by atoms with E-state index in [-0.39, 0.29) is 12.1 Å². The zero-order valence-electron chi connectivity index (χ0n) is 11.0. The average Bonchev–Trinajstić information content (AvgIpc) is 2.39. The van der Waals surface area contributed by atoms with E-state index < -0.39 is 0 Å². The molecule has 1 aromatic carbocycles. The Bertz CT molecular complexity index is 397. The van der Waals surface area contributed by atoms with Crippen LogP contribution in [0.4, 0.5) is 0 Å². The van der Waals surface area contributed by atoms with Crippen molar-refractivity contribution >= 4 is 5.97 Å². The van der Waals surface area contributed by atoms with Gasteiger partial charge in [-0.05, 0) is 37.0 Å². The van der Waals surface area contributed by atoms with Gasteiger partial charge >= 0.3 is 5.97 Å². The van der Waals surface area contributed by atoms with Crippen LogP contribution in [0.25, 0.3) is 0 Å². The van der Waals surface area contributed by atoms with Crippen LogP contribution in [0.5, 0.6) is 5.75 Å². The second kappa shape index (κ2) is 5.89. The Morgan fingerprint density at radius 2 is 1.83 bits per heavy atom. The Morgan fingerprint density at radius 3 is 2.44 bits per heavy atom. The maximum Gasteiger partial charge on any atom is 0.302 e. The number of methoxy groups -OCH3 is 1. The summed E-state index contributed by atoms with van der Waals surface area (Å²) < 4.78 is 10.6. The molecule has 3 nitrogen and oxygen atoms in total.